The molecule has 0 aromatic carbocycles. The molecule has 0 aliphatic carbocycles. The zero-order valence-corrected chi connectivity index (χ0v) is 12.0. The van der Waals surface area contributed by atoms with Crippen LogP contribution >= 0.6 is 23.1 Å². The van der Waals surface area contributed by atoms with Crippen LogP contribution in [0.3, 0.4) is 0 Å². The molecule has 0 unspecified atom stereocenters. The number of nitrogens with one attached hydrogen (secondary N) is 1. The van der Waals surface area contributed by atoms with Gasteiger partial charge in [0, 0.05) is 17.2 Å². The van der Waals surface area contributed by atoms with Crippen LogP contribution in [0, 0.1) is 5.92 Å². The molecule has 0 saturated carbocycles. The summed E-state index contributed by atoms with van der Waals surface area (Å²) < 4.78 is 0. The second kappa shape index (κ2) is 9.08. The van der Waals surface area contributed by atoms with Crippen LogP contribution in [-0.4, -0.2) is 24.6 Å². The van der Waals surface area contributed by atoms with Crippen LogP contribution in [0.4, 0.5) is 0 Å². The molecule has 3 heteroatoms. The lowest BCUT2D eigenvalue weighted by atomic mass is 10.2. The Hall–Kier alpha value is 0.01000. The first kappa shape index (κ1) is 14.1. The lowest BCUT2D eigenvalue weighted by molar-refractivity contribution is 0.631. The number of rotatable bonds is 9. The van der Waals surface area contributed by atoms with Gasteiger partial charge in [-0.1, -0.05) is 19.9 Å². The predicted molar refractivity (Wildman–Crippen MR) is 77.7 cm³/mol. The summed E-state index contributed by atoms with van der Waals surface area (Å²) in [5.41, 5.74) is 0. The van der Waals surface area contributed by atoms with Crippen LogP contribution in [0.1, 0.15) is 25.1 Å². The smallest absolute Gasteiger partial charge is 0.00581 e. The normalized spacial score (nSPS) is 11.2. The lowest BCUT2D eigenvalue weighted by Crippen LogP contribution is -2.19. The van der Waals surface area contributed by atoms with Crippen LogP contribution in [0.5, 0.6) is 0 Å². The zero-order valence-electron chi connectivity index (χ0n) is 10.4. The molecular weight excluding hydrogens is 234 g/mol. The van der Waals surface area contributed by atoms with E-state index < -0.39 is 0 Å². The Balaban J connectivity index is 1.82. The van der Waals surface area contributed by atoms with Crippen LogP contribution in [0.2, 0.25) is 0 Å². The maximum atomic E-state index is 3.50. The SMILES string of the molecule is CC(C)CCSCCNCCc1cccs1. The third-order valence-corrected chi connectivity index (χ3v) is 4.34. The molecule has 1 aromatic rings. The monoisotopic (exact) mass is 257 g/mol. The van der Waals surface area contributed by atoms with Crippen molar-refractivity contribution in [3.8, 4) is 0 Å². The highest BCUT2D eigenvalue weighted by atomic mass is 32.2. The molecule has 0 radical (unpaired) electrons. The fraction of sp³-hybridized carbons (Fsp3) is 0.692. The van der Waals surface area contributed by atoms with Gasteiger partial charge in [-0.05, 0) is 42.5 Å². The molecule has 1 nitrogen and oxygen atoms in total. The van der Waals surface area contributed by atoms with Gasteiger partial charge in [0.05, 0.1) is 0 Å². The Labute approximate surface area is 108 Å². The molecule has 0 aliphatic rings. The molecule has 92 valence electrons. The van der Waals surface area contributed by atoms with E-state index in [-0.39, 0.29) is 0 Å². The molecular formula is C13H23NS2. The van der Waals surface area contributed by atoms with Gasteiger partial charge in [0.15, 0.2) is 0 Å². The Kier molecular flexibility index (Phi) is 7.99. The van der Waals surface area contributed by atoms with Gasteiger partial charge < -0.3 is 5.32 Å². The van der Waals surface area contributed by atoms with Gasteiger partial charge in [0.25, 0.3) is 0 Å². The maximum Gasteiger partial charge on any atom is 0.00581 e. The van der Waals surface area contributed by atoms with Crippen molar-refractivity contribution in [2.24, 2.45) is 5.92 Å². The quantitative estimate of drug-likeness (QED) is 0.678. The molecule has 0 amide bonds. The summed E-state index contributed by atoms with van der Waals surface area (Å²) in [5, 5.41) is 5.65. The number of thiophene rings is 1. The maximum absolute atomic E-state index is 3.50. The van der Waals surface area contributed by atoms with E-state index in [9.17, 15) is 0 Å². The third kappa shape index (κ3) is 7.31. The van der Waals surface area contributed by atoms with E-state index >= 15 is 0 Å². The fourth-order valence-electron chi connectivity index (χ4n) is 1.36. The second-order valence-electron chi connectivity index (χ2n) is 4.37. The molecule has 0 bridgehead atoms. The Morgan fingerprint density at radius 3 is 2.88 bits per heavy atom. The standard InChI is InChI=1S/C13H23NS2/c1-12(2)6-10-15-11-8-14-7-5-13-4-3-9-16-13/h3-4,9,12,14H,5-8,10-11H2,1-2H3. The van der Waals surface area contributed by atoms with E-state index in [1.165, 1.54) is 29.2 Å². The number of thioether (sulfide) groups is 1. The van der Waals surface area contributed by atoms with Gasteiger partial charge in [-0.25, -0.2) is 0 Å². The summed E-state index contributed by atoms with van der Waals surface area (Å²) in [6, 6.07) is 4.34. The molecule has 0 aliphatic heterocycles. The first-order valence-corrected chi connectivity index (χ1v) is 8.13. The van der Waals surface area contributed by atoms with Gasteiger partial charge in [-0.15, -0.1) is 11.3 Å². The molecule has 1 heterocycles. The first-order chi connectivity index (χ1) is 7.79. The van der Waals surface area contributed by atoms with Gasteiger partial charge >= 0.3 is 0 Å². The van der Waals surface area contributed by atoms with Gasteiger partial charge in [0.2, 0.25) is 0 Å². The minimum atomic E-state index is 0.847. The van der Waals surface area contributed by atoms with Crippen molar-refractivity contribution in [2.45, 2.75) is 26.7 Å². The van der Waals surface area contributed by atoms with Crippen molar-refractivity contribution in [3.05, 3.63) is 22.4 Å². The first-order valence-electron chi connectivity index (χ1n) is 6.10. The molecule has 1 aromatic heterocycles. The largest absolute Gasteiger partial charge is 0.316 e. The lowest BCUT2D eigenvalue weighted by Gasteiger charge is -2.05. The Morgan fingerprint density at radius 2 is 2.19 bits per heavy atom. The second-order valence-corrected chi connectivity index (χ2v) is 6.63. The van der Waals surface area contributed by atoms with E-state index in [1.807, 2.05) is 11.3 Å². The van der Waals surface area contributed by atoms with Crippen molar-refractivity contribution in [1.82, 2.24) is 5.32 Å². The van der Waals surface area contributed by atoms with Crippen molar-refractivity contribution in [2.75, 3.05) is 24.6 Å². The van der Waals surface area contributed by atoms with E-state index in [0.717, 1.165) is 19.0 Å². The number of hydrogen-bond donors (Lipinski definition) is 1. The summed E-state index contributed by atoms with van der Waals surface area (Å²) in [4.78, 5) is 1.49. The highest BCUT2D eigenvalue weighted by Crippen LogP contribution is 2.09. The summed E-state index contributed by atoms with van der Waals surface area (Å²) in [6.07, 6.45) is 2.52. The summed E-state index contributed by atoms with van der Waals surface area (Å²) in [5.74, 6) is 3.40. The molecule has 0 atom stereocenters. The van der Waals surface area contributed by atoms with Crippen molar-refractivity contribution in [1.29, 1.82) is 0 Å². The van der Waals surface area contributed by atoms with Crippen LogP contribution < -0.4 is 5.32 Å². The highest BCUT2D eigenvalue weighted by molar-refractivity contribution is 7.99. The molecule has 16 heavy (non-hydrogen) atoms. The van der Waals surface area contributed by atoms with E-state index in [0.29, 0.717) is 0 Å². The summed E-state index contributed by atoms with van der Waals surface area (Å²) in [7, 11) is 0. The molecule has 0 spiro atoms. The Morgan fingerprint density at radius 1 is 1.31 bits per heavy atom. The number of hydrogen-bond acceptors (Lipinski definition) is 3. The third-order valence-electron chi connectivity index (χ3n) is 2.39. The zero-order chi connectivity index (χ0) is 11.6. The van der Waals surface area contributed by atoms with Gasteiger partial charge in [-0.3, -0.25) is 0 Å². The Bertz CT molecular complexity index is 244. The van der Waals surface area contributed by atoms with Crippen LogP contribution in [-0.2, 0) is 6.42 Å². The highest BCUT2D eigenvalue weighted by Gasteiger charge is 1.95. The van der Waals surface area contributed by atoms with Gasteiger partial charge in [0.1, 0.15) is 0 Å². The molecule has 0 fully saturated rings. The molecule has 0 saturated heterocycles. The minimum absolute atomic E-state index is 0.847. The average Bonchev–Trinajstić information content (AvgIpc) is 2.74. The van der Waals surface area contributed by atoms with Gasteiger partial charge in [-0.2, -0.15) is 11.8 Å². The van der Waals surface area contributed by atoms with Crippen molar-refractivity contribution < 1.29 is 0 Å². The average molecular weight is 257 g/mol. The topological polar surface area (TPSA) is 12.0 Å². The molecule has 1 rings (SSSR count). The van der Waals surface area contributed by atoms with E-state index in [2.05, 4.69) is 48.4 Å². The summed E-state index contributed by atoms with van der Waals surface area (Å²) >= 11 is 3.92. The predicted octanol–water partition coefficient (Wildman–Crippen LogP) is 3.66. The van der Waals surface area contributed by atoms with Crippen molar-refractivity contribution in [3.63, 3.8) is 0 Å². The van der Waals surface area contributed by atoms with E-state index in [4.69, 9.17) is 0 Å². The summed E-state index contributed by atoms with van der Waals surface area (Å²) in [6.45, 7) is 6.85. The minimum Gasteiger partial charge on any atom is -0.316 e. The van der Waals surface area contributed by atoms with E-state index in [1.54, 1.807) is 0 Å². The van der Waals surface area contributed by atoms with Crippen LogP contribution in [0.25, 0.3) is 0 Å². The van der Waals surface area contributed by atoms with Crippen LogP contribution in [0.15, 0.2) is 17.5 Å². The fourth-order valence-corrected chi connectivity index (χ4v) is 3.20. The van der Waals surface area contributed by atoms with Crippen molar-refractivity contribution >= 4 is 23.1 Å². The molecule has 1 N–H and O–H groups in total.